The monoisotopic (exact) mass is 551 g/mol. The van der Waals surface area contributed by atoms with Crippen molar-refractivity contribution in [2.75, 3.05) is 19.6 Å². The van der Waals surface area contributed by atoms with E-state index in [-0.39, 0.29) is 29.7 Å². The summed E-state index contributed by atoms with van der Waals surface area (Å²) in [5, 5.41) is 2.81. The number of hydrogen-bond donors (Lipinski definition) is 1. The van der Waals surface area contributed by atoms with Gasteiger partial charge < -0.3 is 14.8 Å². The molecule has 1 fully saturated rings. The number of amides is 1. The van der Waals surface area contributed by atoms with Crippen LogP contribution in [0.3, 0.4) is 0 Å². The lowest BCUT2D eigenvalue weighted by molar-refractivity contribution is -0.138. The minimum absolute atomic E-state index is 0.0706. The molecule has 0 unspecified atom stereocenters. The van der Waals surface area contributed by atoms with Crippen molar-refractivity contribution in [1.82, 2.24) is 14.6 Å². The number of ether oxygens (including phenoxy) is 2. The normalized spacial score (nSPS) is 15.3. The lowest BCUT2D eigenvalue weighted by atomic mass is 9.94. The van der Waals surface area contributed by atoms with Crippen molar-refractivity contribution in [3.8, 4) is 11.5 Å². The van der Waals surface area contributed by atoms with E-state index in [1.165, 1.54) is 22.8 Å². The number of hydrogen-bond acceptors (Lipinski definition) is 7. The molecule has 10 heteroatoms. The molecule has 206 valence electrons. The summed E-state index contributed by atoms with van der Waals surface area (Å²) < 4.78 is 38.4. The van der Waals surface area contributed by atoms with Crippen LogP contribution in [0.15, 0.2) is 84.0 Å². The number of nitrogens with one attached hydrogen (secondary N) is 1. The molecule has 9 nitrogen and oxygen atoms in total. The second kappa shape index (κ2) is 13.3. The molecule has 1 atom stereocenters. The van der Waals surface area contributed by atoms with Crippen molar-refractivity contribution < 1.29 is 27.5 Å². The molecule has 4 rings (SSSR count). The highest BCUT2D eigenvalue weighted by molar-refractivity contribution is 7.89. The van der Waals surface area contributed by atoms with Crippen LogP contribution in [0.5, 0.6) is 11.5 Å². The van der Waals surface area contributed by atoms with Gasteiger partial charge in [-0.15, -0.1) is 0 Å². The summed E-state index contributed by atoms with van der Waals surface area (Å²) in [5.41, 5.74) is 0.996. The maximum absolute atomic E-state index is 12.8. The molecule has 1 aromatic heterocycles. The summed E-state index contributed by atoms with van der Waals surface area (Å²) in [6.07, 6.45) is 4.33. The Bertz CT molecular complexity index is 1340. The first-order chi connectivity index (χ1) is 18.8. The Morgan fingerprint density at radius 1 is 1.00 bits per heavy atom. The molecule has 0 aliphatic carbocycles. The summed E-state index contributed by atoms with van der Waals surface area (Å²) in [5.74, 6) is -0.355. The van der Waals surface area contributed by atoms with E-state index in [0.29, 0.717) is 44.0 Å². The molecule has 1 aliphatic heterocycles. The van der Waals surface area contributed by atoms with Gasteiger partial charge in [-0.1, -0.05) is 49.4 Å². The molecular weight excluding hydrogens is 518 g/mol. The summed E-state index contributed by atoms with van der Waals surface area (Å²) in [6.45, 7) is 2.87. The average Bonchev–Trinajstić information content (AvgIpc) is 2.96. The number of sulfonamides is 1. The Hall–Kier alpha value is -3.76. The number of aromatic nitrogens is 1. The van der Waals surface area contributed by atoms with Gasteiger partial charge in [0.15, 0.2) is 11.5 Å². The summed E-state index contributed by atoms with van der Waals surface area (Å²) >= 11 is 0. The van der Waals surface area contributed by atoms with Gasteiger partial charge in [0.1, 0.15) is 11.5 Å². The van der Waals surface area contributed by atoms with Gasteiger partial charge in [0, 0.05) is 38.4 Å². The lowest BCUT2D eigenvalue weighted by Crippen LogP contribution is -2.40. The fourth-order valence-electron chi connectivity index (χ4n) is 4.29. The Morgan fingerprint density at radius 3 is 2.38 bits per heavy atom. The molecule has 0 bridgehead atoms. The number of nitrogens with zero attached hydrogens (tertiary/aromatic N) is 2. The Morgan fingerprint density at radius 2 is 1.69 bits per heavy atom. The zero-order valence-electron chi connectivity index (χ0n) is 21.9. The summed E-state index contributed by atoms with van der Waals surface area (Å²) in [6, 6.07) is 19.8. The Balaban J connectivity index is 1.20. The molecule has 1 saturated heterocycles. The first-order valence-electron chi connectivity index (χ1n) is 13.0. The number of carbonyl (C=O) groups excluding carboxylic acids is 2. The van der Waals surface area contributed by atoms with Crippen LogP contribution in [-0.2, 0) is 26.2 Å². The third kappa shape index (κ3) is 7.87. The van der Waals surface area contributed by atoms with Crippen molar-refractivity contribution in [1.29, 1.82) is 0 Å². The van der Waals surface area contributed by atoms with Gasteiger partial charge in [0.2, 0.25) is 15.9 Å². The van der Waals surface area contributed by atoms with Crippen LogP contribution in [0.4, 0.5) is 0 Å². The van der Waals surface area contributed by atoms with E-state index in [9.17, 15) is 18.0 Å². The quantitative estimate of drug-likeness (QED) is 0.285. The van der Waals surface area contributed by atoms with Crippen LogP contribution in [-0.4, -0.2) is 49.2 Å². The fourth-order valence-corrected chi connectivity index (χ4v) is 5.72. The van der Waals surface area contributed by atoms with E-state index in [4.69, 9.17) is 9.47 Å². The van der Waals surface area contributed by atoms with E-state index in [1.54, 1.807) is 37.3 Å². The van der Waals surface area contributed by atoms with E-state index >= 15 is 0 Å². The van der Waals surface area contributed by atoms with Gasteiger partial charge in [0.25, 0.3) is 0 Å². The number of rotatable bonds is 11. The van der Waals surface area contributed by atoms with Gasteiger partial charge in [0.05, 0.1) is 5.92 Å². The molecule has 2 heterocycles. The molecule has 39 heavy (non-hydrogen) atoms. The maximum atomic E-state index is 12.8. The molecule has 1 aliphatic rings. The third-order valence-corrected chi connectivity index (χ3v) is 8.51. The largest absolute Gasteiger partial charge is 0.485 e. The summed E-state index contributed by atoms with van der Waals surface area (Å²) in [7, 11) is -3.58. The van der Waals surface area contributed by atoms with Crippen LogP contribution in [0.25, 0.3) is 0 Å². The minimum atomic E-state index is -3.58. The average molecular weight is 552 g/mol. The van der Waals surface area contributed by atoms with E-state index in [1.807, 2.05) is 30.3 Å². The maximum Gasteiger partial charge on any atom is 0.315 e. The third-order valence-electron chi connectivity index (χ3n) is 6.62. The van der Waals surface area contributed by atoms with Crippen LogP contribution in [0.2, 0.25) is 0 Å². The van der Waals surface area contributed by atoms with Gasteiger partial charge in [-0.3, -0.25) is 14.6 Å². The van der Waals surface area contributed by atoms with Gasteiger partial charge in [-0.2, -0.15) is 4.31 Å². The topological polar surface area (TPSA) is 115 Å². The van der Waals surface area contributed by atoms with E-state index < -0.39 is 21.9 Å². The van der Waals surface area contributed by atoms with Crippen molar-refractivity contribution in [2.45, 2.75) is 37.7 Å². The second-order valence-corrected chi connectivity index (χ2v) is 11.5. The van der Waals surface area contributed by atoms with Crippen LogP contribution in [0, 0.1) is 11.8 Å². The molecule has 0 radical (unpaired) electrons. The first-order valence-corrected chi connectivity index (χ1v) is 14.4. The molecule has 2 aromatic carbocycles. The standard InChI is InChI=1S/C29H33N3O6S/c1-22(29(34)38-27-12-6-5-11-26(27)37-21-24-8-3-2-4-9-24)19-31-28(33)18-23-13-16-32(17-14-23)39(35,36)25-10-7-15-30-20-25/h2-12,15,20,22-23H,13-14,16-19,21H2,1H3,(H,31,33)/t22-/m0/s1. The summed E-state index contributed by atoms with van der Waals surface area (Å²) in [4.78, 5) is 29.3. The zero-order valence-corrected chi connectivity index (χ0v) is 22.7. The molecule has 3 aromatic rings. The number of esters is 1. The molecular formula is C29H33N3O6S. The SMILES string of the molecule is C[C@@H](CNC(=O)CC1CCN(S(=O)(=O)c2cccnc2)CC1)C(=O)Oc1ccccc1OCc1ccccc1. The Kier molecular flexibility index (Phi) is 9.67. The van der Waals surface area contributed by atoms with Crippen LogP contribution in [0.1, 0.15) is 31.7 Å². The molecule has 1 amide bonds. The predicted octanol–water partition coefficient (Wildman–Crippen LogP) is 3.81. The van der Waals surface area contributed by atoms with Crippen molar-refractivity contribution in [3.05, 3.63) is 84.7 Å². The number of benzene rings is 2. The predicted molar refractivity (Wildman–Crippen MR) is 145 cm³/mol. The molecule has 1 N–H and O–H groups in total. The van der Waals surface area contributed by atoms with Crippen molar-refractivity contribution in [2.24, 2.45) is 11.8 Å². The highest BCUT2D eigenvalue weighted by atomic mass is 32.2. The minimum Gasteiger partial charge on any atom is -0.485 e. The highest BCUT2D eigenvalue weighted by Crippen LogP contribution is 2.28. The fraction of sp³-hybridized carbons (Fsp3) is 0.345. The molecule has 0 saturated carbocycles. The number of para-hydroxylation sites is 2. The van der Waals surface area contributed by atoms with E-state index in [0.717, 1.165) is 5.56 Å². The smallest absolute Gasteiger partial charge is 0.315 e. The number of piperidine rings is 1. The number of pyridine rings is 1. The van der Waals surface area contributed by atoms with Gasteiger partial charge in [-0.25, -0.2) is 8.42 Å². The van der Waals surface area contributed by atoms with Gasteiger partial charge >= 0.3 is 5.97 Å². The second-order valence-electron chi connectivity index (χ2n) is 9.59. The van der Waals surface area contributed by atoms with Gasteiger partial charge in [-0.05, 0) is 48.6 Å². The zero-order chi connectivity index (χ0) is 27.7. The van der Waals surface area contributed by atoms with Crippen molar-refractivity contribution in [3.63, 3.8) is 0 Å². The number of carbonyl (C=O) groups is 2. The highest BCUT2D eigenvalue weighted by Gasteiger charge is 2.30. The Labute approximate surface area is 229 Å². The van der Waals surface area contributed by atoms with E-state index in [2.05, 4.69) is 10.3 Å². The van der Waals surface area contributed by atoms with Crippen molar-refractivity contribution >= 4 is 21.9 Å². The van der Waals surface area contributed by atoms with Crippen LogP contribution < -0.4 is 14.8 Å². The molecule has 0 spiro atoms. The lowest BCUT2D eigenvalue weighted by Gasteiger charge is -2.30. The first kappa shape index (κ1) is 28.3. The van der Waals surface area contributed by atoms with Crippen LogP contribution >= 0.6 is 0 Å².